The summed E-state index contributed by atoms with van der Waals surface area (Å²) < 4.78 is 1.11. The van der Waals surface area contributed by atoms with Gasteiger partial charge in [-0.05, 0) is 31.3 Å². The fourth-order valence-electron chi connectivity index (χ4n) is 2.43. The van der Waals surface area contributed by atoms with Crippen LogP contribution in [0.5, 0.6) is 0 Å². The Labute approximate surface area is 116 Å². The molecule has 3 nitrogen and oxygen atoms in total. The smallest absolute Gasteiger partial charge is 0.0723 e. The van der Waals surface area contributed by atoms with Gasteiger partial charge in [0.2, 0.25) is 0 Å². The van der Waals surface area contributed by atoms with Crippen molar-refractivity contribution in [3.05, 3.63) is 34.9 Å². The SMILES string of the molecule is CN1CCN(c2ccnc3ccc(Br)cc23)CC1. The molecule has 0 spiro atoms. The first kappa shape index (κ1) is 11.9. The highest BCUT2D eigenvalue weighted by atomic mass is 79.9. The molecule has 2 aromatic rings. The zero-order chi connectivity index (χ0) is 12.5. The van der Waals surface area contributed by atoms with Crippen molar-refractivity contribution in [2.75, 3.05) is 38.1 Å². The Morgan fingerprint density at radius 1 is 1.11 bits per heavy atom. The summed E-state index contributed by atoms with van der Waals surface area (Å²) in [5.41, 5.74) is 2.36. The van der Waals surface area contributed by atoms with Gasteiger partial charge in [0.15, 0.2) is 0 Å². The molecule has 0 amide bonds. The maximum atomic E-state index is 4.43. The first-order valence-corrected chi connectivity index (χ1v) is 7.01. The van der Waals surface area contributed by atoms with E-state index in [1.54, 1.807) is 0 Å². The number of fused-ring (bicyclic) bond motifs is 1. The van der Waals surface area contributed by atoms with Gasteiger partial charge >= 0.3 is 0 Å². The van der Waals surface area contributed by atoms with Crippen molar-refractivity contribution in [2.45, 2.75) is 0 Å². The Morgan fingerprint density at radius 3 is 2.67 bits per heavy atom. The van der Waals surface area contributed by atoms with E-state index < -0.39 is 0 Å². The van der Waals surface area contributed by atoms with Crippen molar-refractivity contribution in [2.24, 2.45) is 0 Å². The quantitative estimate of drug-likeness (QED) is 0.807. The first-order chi connectivity index (χ1) is 8.74. The number of benzene rings is 1. The molecule has 4 heteroatoms. The van der Waals surface area contributed by atoms with Gasteiger partial charge in [0.25, 0.3) is 0 Å². The topological polar surface area (TPSA) is 19.4 Å². The lowest BCUT2D eigenvalue weighted by molar-refractivity contribution is 0.313. The summed E-state index contributed by atoms with van der Waals surface area (Å²) in [6, 6.07) is 8.40. The number of hydrogen-bond donors (Lipinski definition) is 0. The van der Waals surface area contributed by atoms with Gasteiger partial charge in [-0.25, -0.2) is 0 Å². The van der Waals surface area contributed by atoms with Crippen LogP contribution in [0.15, 0.2) is 34.9 Å². The van der Waals surface area contributed by atoms with Gasteiger partial charge in [-0.15, -0.1) is 0 Å². The fourth-order valence-corrected chi connectivity index (χ4v) is 2.79. The largest absolute Gasteiger partial charge is 0.368 e. The monoisotopic (exact) mass is 305 g/mol. The molecule has 2 heterocycles. The van der Waals surface area contributed by atoms with Crippen LogP contribution in [0.4, 0.5) is 5.69 Å². The molecule has 1 aromatic heterocycles. The average molecular weight is 306 g/mol. The van der Waals surface area contributed by atoms with Crippen LogP contribution in [0.25, 0.3) is 10.9 Å². The molecule has 0 atom stereocenters. The Morgan fingerprint density at radius 2 is 1.89 bits per heavy atom. The molecule has 0 aliphatic carbocycles. The van der Waals surface area contributed by atoms with Crippen LogP contribution in [0.1, 0.15) is 0 Å². The van der Waals surface area contributed by atoms with Crippen molar-refractivity contribution in [3.8, 4) is 0 Å². The van der Waals surface area contributed by atoms with E-state index in [1.807, 2.05) is 12.3 Å². The van der Waals surface area contributed by atoms with Crippen LogP contribution in [0, 0.1) is 0 Å². The summed E-state index contributed by atoms with van der Waals surface area (Å²) in [5, 5.41) is 1.23. The second kappa shape index (κ2) is 4.86. The summed E-state index contributed by atoms with van der Waals surface area (Å²) in [6.07, 6.45) is 1.91. The number of piperazine rings is 1. The molecule has 0 unspecified atom stereocenters. The number of hydrogen-bond acceptors (Lipinski definition) is 3. The van der Waals surface area contributed by atoms with E-state index in [2.05, 4.69) is 56.0 Å². The molecular formula is C14H16BrN3. The van der Waals surface area contributed by atoms with Crippen LogP contribution < -0.4 is 4.90 Å². The summed E-state index contributed by atoms with van der Waals surface area (Å²) in [5.74, 6) is 0. The molecule has 1 aliphatic rings. The first-order valence-electron chi connectivity index (χ1n) is 6.22. The highest BCUT2D eigenvalue weighted by Crippen LogP contribution is 2.28. The number of aromatic nitrogens is 1. The van der Waals surface area contributed by atoms with Crippen LogP contribution in [-0.4, -0.2) is 43.1 Å². The Hall–Kier alpha value is -1.13. The maximum absolute atomic E-state index is 4.43. The lowest BCUT2D eigenvalue weighted by atomic mass is 10.1. The minimum Gasteiger partial charge on any atom is -0.368 e. The van der Waals surface area contributed by atoms with E-state index in [-0.39, 0.29) is 0 Å². The minimum absolute atomic E-state index is 1.06. The average Bonchev–Trinajstić information content (AvgIpc) is 2.39. The van der Waals surface area contributed by atoms with Crippen molar-refractivity contribution in [3.63, 3.8) is 0 Å². The second-order valence-corrected chi connectivity index (χ2v) is 5.70. The van der Waals surface area contributed by atoms with E-state index in [0.717, 1.165) is 36.2 Å². The van der Waals surface area contributed by atoms with E-state index in [9.17, 15) is 0 Å². The minimum atomic E-state index is 1.06. The highest BCUT2D eigenvalue weighted by molar-refractivity contribution is 9.10. The normalized spacial score (nSPS) is 17.3. The van der Waals surface area contributed by atoms with Gasteiger partial charge in [0.1, 0.15) is 0 Å². The molecule has 0 bridgehead atoms. The number of anilines is 1. The predicted molar refractivity (Wildman–Crippen MR) is 79.2 cm³/mol. The molecule has 94 valence electrons. The van der Waals surface area contributed by atoms with Crippen LogP contribution in [-0.2, 0) is 0 Å². The van der Waals surface area contributed by atoms with Crippen LogP contribution in [0.2, 0.25) is 0 Å². The Balaban J connectivity index is 2.03. The van der Waals surface area contributed by atoms with E-state index in [0.29, 0.717) is 0 Å². The van der Waals surface area contributed by atoms with Crippen molar-refractivity contribution in [1.82, 2.24) is 9.88 Å². The molecule has 18 heavy (non-hydrogen) atoms. The standard InChI is InChI=1S/C14H16BrN3/c1-17-6-8-18(9-7-17)14-4-5-16-13-3-2-11(15)10-12(13)14/h2-5,10H,6-9H2,1H3. The van der Waals surface area contributed by atoms with Crippen LogP contribution >= 0.6 is 15.9 Å². The summed E-state index contributed by atoms with van der Waals surface area (Å²) in [6.45, 7) is 4.42. The number of nitrogens with zero attached hydrogens (tertiary/aromatic N) is 3. The lowest BCUT2D eigenvalue weighted by Gasteiger charge is -2.34. The lowest BCUT2D eigenvalue weighted by Crippen LogP contribution is -2.44. The molecule has 1 saturated heterocycles. The predicted octanol–water partition coefficient (Wildman–Crippen LogP) is 2.75. The summed E-state index contributed by atoms with van der Waals surface area (Å²) in [4.78, 5) is 9.26. The van der Waals surface area contributed by atoms with Gasteiger partial charge in [-0.2, -0.15) is 0 Å². The summed E-state index contributed by atoms with van der Waals surface area (Å²) >= 11 is 3.55. The molecule has 3 rings (SSSR count). The highest BCUT2D eigenvalue weighted by Gasteiger charge is 2.16. The number of halogens is 1. The third-order valence-electron chi connectivity index (χ3n) is 3.52. The van der Waals surface area contributed by atoms with Gasteiger partial charge in [0.05, 0.1) is 5.52 Å². The molecule has 0 radical (unpaired) electrons. The number of likely N-dealkylation sites (N-methyl/N-ethyl adjacent to an activating group) is 1. The van der Waals surface area contributed by atoms with Gasteiger partial charge < -0.3 is 9.80 Å². The molecule has 1 aromatic carbocycles. The Bertz CT molecular complexity index is 562. The number of pyridine rings is 1. The fraction of sp³-hybridized carbons (Fsp3) is 0.357. The van der Waals surface area contributed by atoms with Crippen molar-refractivity contribution < 1.29 is 0 Å². The zero-order valence-electron chi connectivity index (χ0n) is 10.4. The molecule has 1 aliphatic heterocycles. The third-order valence-corrected chi connectivity index (χ3v) is 4.02. The second-order valence-electron chi connectivity index (χ2n) is 4.78. The molecular weight excluding hydrogens is 290 g/mol. The third kappa shape index (κ3) is 2.22. The van der Waals surface area contributed by atoms with Gasteiger partial charge in [-0.1, -0.05) is 15.9 Å². The van der Waals surface area contributed by atoms with E-state index in [4.69, 9.17) is 0 Å². The van der Waals surface area contributed by atoms with Crippen LogP contribution in [0.3, 0.4) is 0 Å². The molecule has 0 saturated carbocycles. The van der Waals surface area contributed by atoms with Crippen molar-refractivity contribution >= 4 is 32.5 Å². The van der Waals surface area contributed by atoms with E-state index >= 15 is 0 Å². The van der Waals surface area contributed by atoms with Gasteiger partial charge in [0, 0.05) is 47.9 Å². The Kier molecular flexibility index (Phi) is 3.22. The maximum Gasteiger partial charge on any atom is 0.0723 e. The summed E-state index contributed by atoms with van der Waals surface area (Å²) in [7, 11) is 2.18. The molecule has 0 N–H and O–H groups in total. The van der Waals surface area contributed by atoms with E-state index in [1.165, 1.54) is 11.1 Å². The zero-order valence-corrected chi connectivity index (χ0v) is 12.0. The number of rotatable bonds is 1. The molecule has 1 fully saturated rings. The van der Waals surface area contributed by atoms with Crippen molar-refractivity contribution in [1.29, 1.82) is 0 Å². The van der Waals surface area contributed by atoms with Gasteiger partial charge in [-0.3, -0.25) is 4.98 Å².